The maximum Gasteiger partial charge on any atom is 0.244 e. The Hall–Kier alpha value is -2.21. The fourth-order valence-electron chi connectivity index (χ4n) is 1.37. The Morgan fingerprint density at radius 3 is 3.05 bits per heavy atom. The number of hydrogen-bond donors (Lipinski definition) is 2. The van der Waals surface area contributed by atoms with Crippen LogP contribution in [0.1, 0.15) is 17.0 Å². The van der Waals surface area contributed by atoms with Gasteiger partial charge in [-0.05, 0) is 30.2 Å². The highest BCUT2D eigenvalue weighted by Crippen LogP contribution is 2.17. The van der Waals surface area contributed by atoms with Crippen molar-refractivity contribution in [2.45, 2.75) is 13.5 Å². The van der Waals surface area contributed by atoms with Crippen LogP contribution in [-0.2, 0) is 11.3 Å². The zero-order valence-electron chi connectivity index (χ0n) is 10.2. The third-order valence-electron chi connectivity index (χ3n) is 2.43. The van der Waals surface area contributed by atoms with E-state index in [9.17, 15) is 4.79 Å². The molecular formula is C12H12ClN5O. The molecule has 6 nitrogen and oxygen atoms in total. The first-order valence-electron chi connectivity index (χ1n) is 5.59. The highest BCUT2D eigenvalue weighted by atomic mass is 35.5. The summed E-state index contributed by atoms with van der Waals surface area (Å²) in [6, 6.07) is 5.60. The summed E-state index contributed by atoms with van der Waals surface area (Å²) in [5, 5.41) is 16.5. The SMILES string of the molecule is Cc1ccc(C=CC(=O)NCc2nn[nH]n2)cc1Cl. The Labute approximate surface area is 114 Å². The molecule has 0 saturated heterocycles. The molecular weight excluding hydrogens is 266 g/mol. The monoisotopic (exact) mass is 277 g/mol. The number of carbonyl (C=O) groups is 1. The summed E-state index contributed by atoms with van der Waals surface area (Å²) >= 11 is 6.00. The zero-order chi connectivity index (χ0) is 13.7. The molecule has 2 aromatic rings. The van der Waals surface area contributed by atoms with Gasteiger partial charge in [-0.3, -0.25) is 4.79 Å². The number of H-pyrrole nitrogens is 1. The minimum absolute atomic E-state index is 0.230. The number of aromatic amines is 1. The molecule has 0 radical (unpaired) electrons. The minimum atomic E-state index is -0.235. The standard InChI is InChI=1S/C12H12ClN5O/c1-8-2-3-9(6-10(8)13)4-5-12(19)14-7-11-15-17-18-16-11/h2-6H,7H2,1H3,(H,14,19)(H,15,16,17,18). The zero-order valence-corrected chi connectivity index (χ0v) is 11.0. The summed E-state index contributed by atoms with van der Waals surface area (Å²) in [6.45, 7) is 2.15. The normalized spacial score (nSPS) is 10.8. The van der Waals surface area contributed by atoms with Crippen molar-refractivity contribution in [3.05, 3.63) is 46.2 Å². The van der Waals surface area contributed by atoms with Crippen molar-refractivity contribution in [3.63, 3.8) is 0 Å². The molecule has 98 valence electrons. The third-order valence-corrected chi connectivity index (χ3v) is 2.84. The van der Waals surface area contributed by atoms with E-state index >= 15 is 0 Å². The van der Waals surface area contributed by atoms with Crippen molar-refractivity contribution in [1.29, 1.82) is 0 Å². The molecule has 0 bridgehead atoms. The lowest BCUT2D eigenvalue weighted by Gasteiger charge is -1.99. The van der Waals surface area contributed by atoms with Crippen LogP contribution < -0.4 is 5.32 Å². The summed E-state index contributed by atoms with van der Waals surface area (Å²) in [6.07, 6.45) is 3.12. The quantitative estimate of drug-likeness (QED) is 0.830. The Morgan fingerprint density at radius 2 is 2.37 bits per heavy atom. The predicted octanol–water partition coefficient (Wildman–Crippen LogP) is 1.49. The highest BCUT2D eigenvalue weighted by molar-refractivity contribution is 6.31. The predicted molar refractivity (Wildman–Crippen MR) is 71.2 cm³/mol. The number of nitrogens with zero attached hydrogens (tertiary/aromatic N) is 3. The van der Waals surface area contributed by atoms with Crippen molar-refractivity contribution in [2.24, 2.45) is 0 Å². The van der Waals surface area contributed by atoms with Crippen LogP contribution in [0.3, 0.4) is 0 Å². The van der Waals surface area contributed by atoms with Gasteiger partial charge in [0.25, 0.3) is 0 Å². The van der Waals surface area contributed by atoms with Crippen LogP contribution in [-0.4, -0.2) is 26.5 Å². The fraction of sp³-hybridized carbons (Fsp3) is 0.167. The largest absolute Gasteiger partial charge is 0.345 e. The number of benzene rings is 1. The molecule has 1 heterocycles. The van der Waals surface area contributed by atoms with Gasteiger partial charge in [-0.2, -0.15) is 5.21 Å². The molecule has 0 fully saturated rings. The van der Waals surface area contributed by atoms with E-state index in [-0.39, 0.29) is 12.5 Å². The number of nitrogens with one attached hydrogen (secondary N) is 2. The number of carbonyl (C=O) groups excluding carboxylic acids is 1. The van der Waals surface area contributed by atoms with E-state index < -0.39 is 0 Å². The van der Waals surface area contributed by atoms with Crippen LogP contribution in [0.4, 0.5) is 0 Å². The second-order valence-electron chi connectivity index (χ2n) is 3.89. The maximum absolute atomic E-state index is 11.5. The minimum Gasteiger partial charge on any atom is -0.345 e. The van der Waals surface area contributed by atoms with Crippen LogP contribution in [0.15, 0.2) is 24.3 Å². The van der Waals surface area contributed by atoms with Gasteiger partial charge in [-0.25, -0.2) is 0 Å². The Kier molecular flexibility index (Phi) is 4.25. The van der Waals surface area contributed by atoms with Gasteiger partial charge in [0, 0.05) is 11.1 Å². The first-order valence-corrected chi connectivity index (χ1v) is 5.97. The fourth-order valence-corrected chi connectivity index (χ4v) is 1.56. The smallest absolute Gasteiger partial charge is 0.244 e. The molecule has 2 N–H and O–H groups in total. The van der Waals surface area contributed by atoms with Crippen LogP contribution in [0, 0.1) is 6.92 Å². The molecule has 0 aliphatic heterocycles. The van der Waals surface area contributed by atoms with Gasteiger partial charge < -0.3 is 5.32 Å². The maximum atomic E-state index is 11.5. The first kappa shape index (κ1) is 13.2. The summed E-state index contributed by atoms with van der Waals surface area (Å²) in [5.74, 6) is 0.196. The summed E-state index contributed by atoms with van der Waals surface area (Å²) in [4.78, 5) is 11.5. The van der Waals surface area contributed by atoms with E-state index in [4.69, 9.17) is 11.6 Å². The van der Waals surface area contributed by atoms with Gasteiger partial charge in [-0.1, -0.05) is 28.9 Å². The second-order valence-corrected chi connectivity index (χ2v) is 4.29. The molecule has 0 unspecified atom stereocenters. The molecule has 7 heteroatoms. The molecule has 1 amide bonds. The van der Waals surface area contributed by atoms with E-state index in [0.29, 0.717) is 10.8 Å². The number of hydrogen-bond acceptors (Lipinski definition) is 4. The molecule has 1 aromatic carbocycles. The van der Waals surface area contributed by atoms with Crippen LogP contribution >= 0.6 is 11.6 Å². The number of rotatable bonds is 4. The van der Waals surface area contributed by atoms with E-state index in [1.54, 1.807) is 12.1 Å². The van der Waals surface area contributed by atoms with Crippen LogP contribution in [0.5, 0.6) is 0 Å². The van der Waals surface area contributed by atoms with Gasteiger partial charge in [0.15, 0.2) is 5.82 Å². The summed E-state index contributed by atoms with van der Waals surface area (Å²) < 4.78 is 0. The van der Waals surface area contributed by atoms with E-state index in [2.05, 4.69) is 25.9 Å². The van der Waals surface area contributed by atoms with E-state index in [0.717, 1.165) is 11.1 Å². The summed E-state index contributed by atoms with van der Waals surface area (Å²) in [5.41, 5.74) is 1.87. The molecule has 0 spiro atoms. The van der Waals surface area contributed by atoms with Gasteiger partial charge in [0.2, 0.25) is 5.91 Å². The average molecular weight is 278 g/mol. The number of tetrazole rings is 1. The number of halogens is 1. The lowest BCUT2D eigenvalue weighted by Crippen LogP contribution is -2.20. The van der Waals surface area contributed by atoms with E-state index in [1.807, 2.05) is 19.1 Å². The molecule has 0 saturated carbocycles. The highest BCUT2D eigenvalue weighted by Gasteiger charge is 2.00. The number of aryl methyl sites for hydroxylation is 1. The van der Waals surface area contributed by atoms with Crippen molar-refractivity contribution in [2.75, 3.05) is 0 Å². The van der Waals surface area contributed by atoms with Gasteiger partial charge in [0.05, 0.1) is 6.54 Å². The van der Waals surface area contributed by atoms with E-state index in [1.165, 1.54) is 6.08 Å². The number of aromatic nitrogens is 4. The second kappa shape index (κ2) is 6.10. The van der Waals surface area contributed by atoms with Gasteiger partial charge in [0.1, 0.15) is 0 Å². The topological polar surface area (TPSA) is 83.6 Å². The molecule has 19 heavy (non-hydrogen) atoms. The van der Waals surface area contributed by atoms with Gasteiger partial charge in [-0.15, -0.1) is 10.2 Å². The average Bonchev–Trinajstić information content (AvgIpc) is 2.91. The van der Waals surface area contributed by atoms with Gasteiger partial charge >= 0.3 is 0 Å². The third kappa shape index (κ3) is 3.89. The van der Waals surface area contributed by atoms with Crippen molar-refractivity contribution < 1.29 is 4.79 Å². The number of amides is 1. The van der Waals surface area contributed by atoms with Crippen molar-refractivity contribution in [1.82, 2.24) is 25.9 Å². The van der Waals surface area contributed by atoms with Crippen molar-refractivity contribution in [3.8, 4) is 0 Å². The lowest BCUT2D eigenvalue weighted by molar-refractivity contribution is -0.116. The Morgan fingerprint density at radius 1 is 1.53 bits per heavy atom. The Bertz CT molecular complexity index is 594. The molecule has 0 aliphatic carbocycles. The lowest BCUT2D eigenvalue weighted by atomic mass is 10.1. The van der Waals surface area contributed by atoms with Crippen molar-refractivity contribution >= 4 is 23.6 Å². The van der Waals surface area contributed by atoms with Crippen LogP contribution in [0.25, 0.3) is 6.08 Å². The molecule has 1 aromatic heterocycles. The van der Waals surface area contributed by atoms with Crippen LogP contribution in [0.2, 0.25) is 5.02 Å². The Balaban J connectivity index is 1.90. The first-order chi connectivity index (χ1) is 9.15. The molecule has 2 rings (SSSR count). The molecule has 0 aliphatic rings. The summed E-state index contributed by atoms with van der Waals surface area (Å²) in [7, 11) is 0. The molecule has 0 atom stereocenters.